The summed E-state index contributed by atoms with van der Waals surface area (Å²) >= 11 is 0. The van der Waals surface area contributed by atoms with Crippen molar-refractivity contribution in [2.45, 2.75) is 53.1 Å². The van der Waals surface area contributed by atoms with Crippen LogP contribution in [0, 0.1) is 19.8 Å². The Morgan fingerprint density at radius 1 is 1.21 bits per heavy atom. The lowest BCUT2D eigenvalue weighted by Gasteiger charge is -2.15. The van der Waals surface area contributed by atoms with Crippen LogP contribution in [0.25, 0.3) is 0 Å². The minimum atomic E-state index is -1.10. The Labute approximate surface area is 165 Å². The highest BCUT2D eigenvalue weighted by Crippen LogP contribution is 2.19. The van der Waals surface area contributed by atoms with Gasteiger partial charge < -0.3 is 15.2 Å². The van der Waals surface area contributed by atoms with E-state index in [1.807, 2.05) is 18.5 Å². The second kappa shape index (κ2) is 9.39. The molecule has 1 heterocycles. The van der Waals surface area contributed by atoms with E-state index in [0.29, 0.717) is 23.7 Å². The Kier molecular flexibility index (Phi) is 7.20. The smallest absolute Gasteiger partial charge is 0.330 e. The molecule has 2 N–H and O–H groups in total. The predicted molar refractivity (Wildman–Crippen MR) is 106 cm³/mol. The molecule has 0 saturated heterocycles. The van der Waals surface area contributed by atoms with Crippen molar-refractivity contribution in [1.82, 2.24) is 15.1 Å². The summed E-state index contributed by atoms with van der Waals surface area (Å²) in [5.74, 6) is -0.298. The van der Waals surface area contributed by atoms with Crippen molar-refractivity contribution in [2.75, 3.05) is 7.11 Å². The van der Waals surface area contributed by atoms with Gasteiger partial charge in [-0.1, -0.05) is 26.0 Å². The number of carboxylic acid groups (broad SMARTS) is 1. The second-order valence-electron chi connectivity index (χ2n) is 7.34. The van der Waals surface area contributed by atoms with Crippen molar-refractivity contribution in [1.29, 1.82) is 0 Å². The molecule has 0 aliphatic carbocycles. The number of benzene rings is 1. The third-order valence-corrected chi connectivity index (χ3v) is 4.67. The zero-order valence-corrected chi connectivity index (χ0v) is 17.2. The molecule has 7 heteroatoms. The molecular weight excluding hydrogens is 358 g/mol. The summed E-state index contributed by atoms with van der Waals surface area (Å²) < 4.78 is 7.06. The van der Waals surface area contributed by atoms with Gasteiger partial charge in [-0.25, -0.2) is 4.79 Å². The van der Waals surface area contributed by atoms with Gasteiger partial charge in [0.2, 0.25) is 5.91 Å². The number of rotatable bonds is 9. The lowest BCUT2D eigenvalue weighted by molar-refractivity contribution is -0.142. The fourth-order valence-electron chi connectivity index (χ4n) is 3.18. The van der Waals surface area contributed by atoms with E-state index in [4.69, 9.17) is 4.74 Å². The summed E-state index contributed by atoms with van der Waals surface area (Å²) in [6.45, 7) is 9.04. The van der Waals surface area contributed by atoms with Gasteiger partial charge in [-0.2, -0.15) is 5.10 Å². The quantitative estimate of drug-likeness (QED) is 0.690. The highest BCUT2D eigenvalue weighted by atomic mass is 16.5. The minimum absolute atomic E-state index is 0.203. The average molecular weight is 387 g/mol. The van der Waals surface area contributed by atoms with Crippen LogP contribution < -0.4 is 10.1 Å². The van der Waals surface area contributed by atoms with Gasteiger partial charge in [-0.3, -0.25) is 9.48 Å². The van der Waals surface area contributed by atoms with Crippen LogP contribution in [0.2, 0.25) is 0 Å². The first kappa shape index (κ1) is 21.5. The van der Waals surface area contributed by atoms with Gasteiger partial charge in [0, 0.05) is 18.7 Å². The summed E-state index contributed by atoms with van der Waals surface area (Å²) in [6.07, 6.45) is 0.728. The van der Waals surface area contributed by atoms with Crippen molar-refractivity contribution in [2.24, 2.45) is 5.92 Å². The molecule has 7 nitrogen and oxygen atoms in total. The lowest BCUT2D eigenvalue weighted by atomic mass is 10.0. The normalized spacial score (nSPS) is 12.1. The minimum Gasteiger partial charge on any atom is -0.497 e. The van der Waals surface area contributed by atoms with Gasteiger partial charge in [0.15, 0.2) is 6.04 Å². The van der Waals surface area contributed by atoms with E-state index in [9.17, 15) is 14.7 Å². The maximum Gasteiger partial charge on any atom is 0.330 e. The summed E-state index contributed by atoms with van der Waals surface area (Å²) in [4.78, 5) is 24.0. The number of aryl methyl sites for hydroxylation is 1. The predicted octanol–water partition coefficient (Wildman–Crippen LogP) is 3.04. The molecule has 1 aromatic carbocycles. The van der Waals surface area contributed by atoms with Crippen LogP contribution in [0.3, 0.4) is 0 Å². The molecule has 0 bridgehead atoms. The van der Waals surface area contributed by atoms with Crippen molar-refractivity contribution in [3.63, 3.8) is 0 Å². The first-order chi connectivity index (χ1) is 13.2. The van der Waals surface area contributed by atoms with E-state index in [2.05, 4.69) is 24.3 Å². The Morgan fingerprint density at radius 2 is 1.86 bits per heavy atom. The maximum absolute atomic E-state index is 12.4. The van der Waals surface area contributed by atoms with Crippen LogP contribution in [0.4, 0.5) is 0 Å². The molecule has 1 unspecified atom stereocenters. The second-order valence-corrected chi connectivity index (χ2v) is 7.34. The van der Waals surface area contributed by atoms with Crippen LogP contribution in [0.15, 0.2) is 24.3 Å². The number of aromatic nitrogens is 2. The van der Waals surface area contributed by atoms with Gasteiger partial charge in [0.25, 0.3) is 0 Å². The zero-order chi connectivity index (χ0) is 20.8. The van der Waals surface area contributed by atoms with Gasteiger partial charge >= 0.3 is 5.97 Å². The number of amides is 1. The zero-order valence-electron chi connectivity index (χ0n) is 17.2. The van der Waals surface area contributed by atoms with E-state index in [-0.39, 0.29) is 12.3 Å². The van der Waals surface area contributed by atoms with Crippen molar-refractivity contribution < 1.29 is 19.4 Å². The van der Waals surface area contributed by atoms with Crippen molar-refractivity contribution in [3.8, 4) is 5.75 Å². The van der Waals surface area contributed by atoms with Gasteiger partial charge in [-0.05, 0) is 49.4 Å². The molecule has 152 valence electrons. The number of methoxy groups -OCH3 is 1. The molecule has 0 spiro atoms. The van der Waals surface area contributed by atoms with Crippen LogP contribution >= 0.6 is 0 Å². The van der Waals surface area contributed by atoms with Crippen LogP contribution in [-0.2, 0) is 22.6 Å². The van der Waals surface area contributed by atoms with Gasteiger partial charge in [0.1, 0.15) is 5.75 Å². The number of ether oxygens (including phenoxy) is 1. The third kappa shape index (κ3) is 5.34. The molecule has 2 rings (SSSR count). The molecular formula is C21H29N3O4. The van der Waals surface area contributed by atoms with Crippen molar-refractivity contribution >= 4 is 11.9 Å². The van der Waals surface area contributed by atoms with Crippen LogP contribution in [-0.4, -0.2) is 33.9 Å². The van der Waals surface area contributed by atoms with Crippen LogP contribution in [0.5, 0.6) is 5.75 Å². The fraction of sp³-hybridized carbons (Fsp3) is 0.476. The maximum atomic E-state index is 12.4. The number of carbonyl (C=O) groups is 2. The Balaban J connectivity index is 2.03. The van der Waals surface area contributed by atoms with Gasteiger partial charge in [-0.15, -0.1) is 0 Å². The Morgan fingerprint density at radius 3 is 2.39 bits per heavy atom. The standard InChI is InChI=1S/C21H29N3O4/c1-13(2)12-24-15(4)18(14(3)23-24)10-11-19(25)22-20(21(26)27)16-6-8-17(28-5)9-7-16/h6-9,13,20H,10-12H2,1-5H3,(H,22,25)(H,26,27). The van der Waals surface area contributed by atoms with Crippen LogP contribution in [0.1, 0.15) is 48.8 Å². The number of nitrogens with zero attached hydrogens (tertiary/aromatic N) is 2. The number of aliphatic carboxylic acids is 1. The number of nitrogens with one attached hydrogen (secondary N) is 1. The highest BCUT2D eigenvalue weighted by Gasteiger charge is 2.22. The first-order valence-electron chi connectivity index (χ1n) is 9.42. The highest BCUT2D eigenvalue weighted by molar-refractivity contribution is 5.84. The molecule has 0 fully saturated rings. The number of carboxylic acids is 1. The molecule has 1 atom stereocenters. The van der Waals surface area contributed by atoms with Gasteiger partial charge in [0.05, 0.1) is 12.8 Å². The summed E-state index contributed by atoms with van der Waals surface area (Å²) in [5.41, 5.74) is 3.52. The Hall–Kier alpha value is -2.83. The molecule has 1 amide bonds. The van der Waals surface area contributed by atoms with E-state index in [1.54, 1.807) is 31.4 Å². The van der Waals surface area contributed by atoms with E-state index in [0.717, 1.165) is 23.5 Å². The molecule has 28 heavy (non-hydrogen) atoms. The lowest BCUT2D eigenvalue weighted by Crippen LogP contribution is -2.33. The van der Waals surface area contributed by atoms with E-state index < -0.39 is 12.0 Å². The summed E-state index contributed by atoms with van der Waals surface area (Å²) in [5, 5.41) is 16.7. The van der Waals surface area contributed by atoms with Crippen molar-refractivity contribution in [3.05, 3.63) is 46.8 Å². The third-order valence-electron chi connectivity index (χ3n) is 4.67. The summed E-state index contributed by atoms with van der Waals surface area (Å²) in [6, 6.07) is 5.54. The Bertz CT molecular complexity index is 825. The molecule has 0 aliphatic heterocycles. The topological polar surface area (TPSA) is 93.5 Å². The average Bonchev–Trinajstić information content (AvgIpc) is 2.90. The molecule has 0 saturated carbocycles. The van der Waals surface area contributed by atoms with E-state index >= 15 is 0 Å². The number of hydrogen-bond donors (Lipinski definition) is 2. The largest absolute Gasteiger partial charge is 0.497 e. The monoisotopic (exact) mass is 387 g/mol. The van der Waals surface area contributed by atoms with E-state index in [1.165, 1.54) is 0 Å². The first-order valence-corrected chi connectivity index (χ1v) is 9.42. The summed E-state index contributed by atoms with van der Waals surface area (Å²) in [7, 11) is 1.54. The molecule has 0 aliphatic rings. The number of carbonyl (C=O) groups excluding carboxylic acids is 1. The fourth-order valence-corrected chi connectivity index (χ4v) is 3.18. The SMILES string of the molecule is COc1ccc(C(NC(=O)CCc2c(C)nn(CC(C)C)c2C)C(=O)O)cc1. The molecule has 2 aromatic rings. The molecule has 1 aromatic heterocycles. The number of hydrogen-bond acceptors (Lipinski definition) is 4. The molecule has 0 radical (unpaired) electrons.